The highest BCUT2D eigenvalue weighted by Crippen LogP contribution is 2.18. The Kier molecular flexibility index (Phi) is 3.30. The van der Waals surface area contributed by atoms with Crippen molar-refractivity contribution in [1.82, 2.24) is 29.7 Å². The van der Waals surface area contributed by atoms with E-state index in [0.29, 0.717) is 17.7 Å². The standard InChI is InChI=1S/C11H10ClN7O/c12-9-8-10(14-6-13-8)18-11(17-9)16-7(20)2-5-19-4-1-3-15-19/h1,3-4,6H,2,5H2,(H2,13,14,16,17,18,20). The number of carbonyl (C=O) groups is 1. The fourth-order valence-electron chi connectivity index (χ4n) is 1.69. The lowest BCUT2D eigenvalue weighted by atomic mass is 10.4. The minimum absolute atomic E-state index is 0.139. The molecule has 0 unspecified atom stereocenters. The first-order chi connectivity index (χ1) is 9.72. The number of aromatic nitrogens is 6. The molecule has 3 aromatic heterocycles. The third-order valence-electron chi connectivity index (χ3n) is 2.62. The summed E-state index contributed by atoms with van der Waals surface area (Å²) < 4.78 is 1.67. The fraction of sp³-hybridized carbons (Fsp3) is 0.182. The average molecular weight is 292 g/mol. The summed E-state index contributed by atoms with van der Waals surface area (Å²) in [5.41, 5.74) is 0.952. The molecule has 1 amide bonds. The number of aryl methyl sites for hydroxylation is 1. The number of imidazole rings is 1. The molecule has 0 aliphatic heterocycles. The van der Waals surface area contributed by atoms with E-state index in [1.165, 1.54) is 6.33 Å². The Hall–Kier alpha value is -2.48. The summed E-state index contributed by atoms with van der Waals surface area (Å²) in [5.74, 6) is -0.0773. The molecule has 102 valence electrons. The van der Waals surface area contributed by atoms with Crippen LogP contribution in [0.5, 0.6) is 0 Å². The summed E-state index contributed by atoms with van der Waals surface area (Å²) in [6, 6.07) is 1.80. The van der Waals surface area contributed by atoms with Gasteiger partial charge in [0.05, 0.1) is 6.33 Å². The second-order valence-electron chi connectivity index (χ2n) is 4.01. The fourth-order valence-corrected chi connectivity index (χ4v) is 1.91. The van der Waals surface area contributed by atoms with E-state index in [1.54, 1.807) is 23.1 Å². The maximum atomic E-state index is 11.8. The molecule has 0 spiro atoms. The molecule has 0 saturated carbocycles. The zero-order valence-corrected chi connectivity index (χ0v) is 11.0. The number of nitrogens with zero attached hydrogens (tertiary/aromatic N) is 5. The number of aromatic amines is 1. The van der Waals surface area contributed by atoms with Crippen LogP contribution in [0, 0.1) is 0 Å². The minimum atomic E-state index is -0.216. The lowest BCUT2D eigenvalue weighted by Crippen LogP contribution is -2.16. The maximum Gasteiger partial charge on any atom is 0.233 e. The van der Waals surface area contributed by atoms with Crippen LogP contribution in [-0.2, 0) is 11.3 Å². The molecule has 20 heavy (non-hydrogen) atoms. The van der Waals surface area contributed by atoms with Crippen molar-refractivity contribution < 1.29 is 4.79 Å². The van der Waals surface area contributed by atoms with E-state index in [1.807, 2.05) is 0 Å². The van der Waals surface area contributed by atoms with Gasteiger partial charge in [-0.3, -0.25) is 14.8 Å². The van der Waals surface area contributed by atoms with E-state index in [9.17, 15) is 4.79 Å². The Labute approximate surface area is 118 Å². The van der Waals surface area contributed by atoms with Gasteiger partial charge in [-0.15, -0.1) is 0 Å². The predicted octanol–water partition coefficient (Wildman–Crippen LogP) is 1.23. The van der Waals surface area contributed by atoms with Crippen LogP contribution in [0.2, 0.25) is 5.15 Å². The molecular weight excluding hydrogens is 282 g/mol. The van der Waals surface area contributed by atoms with Gasteiger partial charge in [-0.05, 0) is 6.07 Å². The highest BCUT2D eigenvalue weighted by atomic mass is 35.5. The van der Waals surface area contributed by atoms with Crippen molar-refractivity contribution in [3.8, 4) is 0 Å². The lowest BCUT2D eigenvalue weighted by Gasteiger charge is -2.04. The molecule has 0 aliphatic rings. The van der Waals surface area contributed by atoms with E-state index < -0.39 is 0 Å². The van der Waals surface area contributed by atoms with E-state index >= 15 is 0 Å². The van der Waals surface area contributed by atoms with Crippen molar-refractivity contribution in [3.63, 3.8) is 0 Å². The zero-order chi connectivity index (χ0) is 13.9. The van der Waals surface area contributed by atoms with Crippen molar-refractivity contribution in [3.05, 3.63) is 29.9 Å². The van der Waals surface area contributed by atoms with Crippen LogP contribution in [0.3, 0.4) is 0 Å². The Balaban J connectivity index is 1.67. The van der Waals surface area contributed by atoms with Gasteiger partial charge in [-0.2, -0.15) is 15.1 Å². The lowest BCUT2D eigenvalue weighted by molar-refractivity contribution is -0.116. The highest BCUT2D eigenvalue weighted by molar-refractivity contribution is 6.33. The van der Waals surface area contributed by atoms with Crippen molar-refractivity contribution >= 4 is 34.6 Å². The number of hydrogen-bond donors (Lipinski definition) is 2. The average Bonchev–Trinajstić information content (AvgIpc) is 3.07. The van der Waals surface area contributed by atoms with Crippen LogP contribution < -0.4 is 5.32 Å². The SMILES string of the molecule is O=C(CCn1cccn1)Nc1nc(Cl)c2[nH]cnc2n1. The Morgan fingerprint density at radius 2 is 2.35 bits per heavy atom. The van der Waals surface area contributed by atoms with Crippen LogP contribution in [0.15, 0.2) is 24.8 Å². The molecule has 3 aromatic rings. The molecule has 0 saturated heterocycles. The van der Waals surface area contributed by atoms with Crippen molar-refractivity contribution in [2.75, 3.05) is 5.32 Å². The van der Waals surface area contributed by atoms with Gasteiger partial charge in [0.1, 0.15) is 5.52 Å². The Bertz CT molecular complexity index is 736. The number of nitrogens with one attached hydrogen (secondary N) is 2. The van der Waals surface area contributed by atoms with Crippen molar-refractivity contribution in [2.24, 2.45) is 0 Å². The molecule has 9 heteroatoms. The van der Waals surface area contributed by atoms with Crippen LogP contribution in [-0.4, -0.2) is 35.6 Å². The Morgan fingerprint density at radius 1 is 1.45 bits per heavy atom. The molecule has 3 heterocycles. The topological polar surface area (TPSA) is 101 Å². The van der Waals surface area contributed by atoms with Gasteiger partial charge in [0.2, 0.25) is 11.9 Å². The normalized spacial score (nSPS) is 10.8. The summed E-state index contributed by atoms with van der Waals surface area (Å²) >= 11 is 5.96. The summed E-state index contributed by atoms with van der Waals surface area (Å²) in [7, 11) is 0. The third-order valence-corrected chi connectivity index (χ3v) is 2.89. The van der Waals surface area contributed by atoms with Gasteiger partial charge < -0.3 is 4.98 Å². The van der Waals surface area contributed by atoms with E-state index in [2.05, 4.69) is 30.4 Å². The largest absolute Gasteiger partial charge is 0.341 e. The van der Waals surface area contributed by atoms with E-state index in [0.717, 1.165) is 0 Å². The number of H-pyrrole nitrogens is 1. The summed E-state index contributed by atoms with van der Waals surface area (Å²) in [6.07, 6.45) is 5.18. The molecule has 0 aromatic carbocycles. The summed E-state index contributed by atoms with van der Waals surface area (Å²) in [5, 5.41) is 6.82. The van der Waals surface area contributed by atoms with Crippen LogP contribution in [0.4, 0.5) is 5.95 Å². The first-order valence-electron chi connectivity index (χ1n) is 5.86. The van der Waals surface area contributed by atoms with E-state index in [-0.39, 0.29) is 23.4 Å². The Morgan fingerprint density at radius 3 is 3.15 bits per heavy atom. The molecule has 8 nitrogen and oxygen atoms in total. The maximum absolute atomic E-state index is 11.8. The summed E-state index contributed by atoms with van der Waals surface area (Å²) in [6.45, 7) is 0.483. The molecular formula is C11H10ClN7O. The quantitative estimate of drug-likeness (QED) is 0.704. The first-order valence-corrected chi connectivity index (χ1v) is 6.24. The number of anilines is 1. The smallest absolute Gasteiger partial charge is 0.233 e. The monoisotopic (exact) mass is 291 g/mol. The third kappa shape index (κ3) is 2.59. The van der Waals surface area contributed by atoms with Gasteiger partial charge in [0.25, 0.3) is 0 Å². The van der Waals surface area contributed by atoms with Gasteiger partial charge in [-0.1, -0.05) is 11.6 Å². The molecule has 0 bridgehead atoms. The van der Waals surface area contributed by atoms with Gasteiger partial charge in [-0.25, -0.2) is 4.98 Å². The first kappa shape index (κ1) is 12.5. The van der Waals surface area contributed by atoms with Crippen LogP contribution in [0.25, 0.3) is 11.2 Å². The molecule has 2 N–H and O–H groups in total. The van der Waals surface area contributed by atoms with Gasteiger partial charge in [0, 0.05) is 25.4 Å². The summed E-state index contributed by atoms with van der Waals surface area (Å²) in [4.78, 5) is 26.7. The van der Waals surface area contributed by atoms with Crippen LogP contribution >= 0.6 is 11.6 Å². The number of carbonyl (C=O) groups excluding carboxylic acids is 1. The van der Waals surface area contributed by atoms with Crippen LogP contribution in [0.1, 0.15) is 6.42 Å². The predicted molar refractivity (Wildman–Crippen MR) is 72.2 cm³/mol. The molecule has 0 fully saturated rings. The van der Waals surface area contributed by atoms with Gasteiger partial charge in [0.15, 0.2) is 10.8 Å². The highest BCUT2D eigenvalue weighted by Gasteiger charge is 2.10. The molecule has 3 rings (SSSR count). The second-order valence-corrected chi connectivity index (χ2v) is 4.36. The van der Waals surface area contributed by atoms with Crippen molar-refractivity contribution in [1.29, 1.82) is 0 Å². The molecule has 0 atom stereocenters. The number of amides is 1. The number of halogens is 1. The minimum Gasteiger partial charge on any atom is -0.341 e. The zero-order valence-electron chi connectivity index (χ0n) is 10.2. The van der Waals surface area contributed by atoms with E-state index in [4.69, 9.17) is 11.6 Å². The second kappa shape index (κ2) is 5.25. The van der Waals surface area contributed by atoms with Crippen molar-refractivity contribution in [2.45, 2.75) is 13.0 Å². The van der Waals surface area contributed by atoms with Gasteiger partial charge >= 0.3 is 0 Å². The number of rotatable bonds is 4. The molecule has 0 radical (unpaired) electrons. The molecule has 0 aliphatic carbocycles. The number of hydrogen-bond acceptors (Lipinski definition) is 5. The number of fused-ring (bicyclic) bond motifs is 1.